The van der Waals surface area contributed by atoms with Gasteiger partial charge in [0.05, 0.1) is 25.2 Å². The molecule has 5 heteroatoms. The number of carbonyl (C=O) groups excluding carboxylic acids is 1. The third-order valence-corrected chi connectivity index (χ3v) is 4.38. The van der Waals surface area contributed by atoms with E-state index < -0.39 is 0 Å². The summed E-state index contributed by atoms with van der Waals surface area (Å²) in [7, 11) is 0. The van der Waals surface area contributed by atoms with E-state index >= 15 is 0 Å². The Kier molecular flexibility index (Phi) is 4.08. The molecule has 1 amide bonds. The maximum atomic E-state index is 12.8. The molecule has 1 aromatic rings. The van der Waals surface area contributed by atoms with E-state index in [-0.39, 0.29) is 23.9 Å². The van der Waals surface area contributed by atoms with Crippen LogP contribution in [0.4, 0.5) is 0 Å². The SMILES string of the molecule is CCNC1COCC1C(=O)N1CCCC1c1ccc[nH]1. The molecule has 3 rings (SSSR count). The molecule has 0 saturated carbocycles. The van der Waals surface area contributed by atoms with Gasteiger partial charge in [0.25, 0.3) is 0 Å². The quantitative estimate of drug-likeness (QED) is 0.872. The molecule has 110 valence electrons. The predicted molar refractivity (Wildman–Crippen MR) is 76.3 cm³/mol. The highest BCUT2D eigenvalue weighted by Gasteiger charge is 2.40. The summed E-state index contributed by atoms with van der Waals surface area (Å²) in [6.07, 6.45) is 4.05. The average Bonchev–Trinajstić information content (AvgIpc) is 3.19. The minimum Gasteiger partial charge on any atom is -0.379 e. The van der Waals surface area contributed by atoms with E-state index in [0.29, 0.717) is 13.2 Å². The highest BCUT2D eigenvalue weighted by atomic mass is 16.5. The lowest BCUT2D eigenvalue weighted by Gasteiger charge is -2.28. The first kappa shape index (κ1) is 13.6. The van der Waals surface area contributed by atoms with E-state index in [1.807, 2.05) is 17.2 Å². The third kappa shape index (κ3) is 2.47. The molecule has 0 bridgehead atoms. The molecule has 3 unspecified atom stereocenters. The van der Waals surface area contributed by atoms with E-state index in [4.69, 9.17) is 4.74 Å². The summed E-state index contributed by atoms with van der Waals surface area (Å²) in [5.41, 5.74) is 1.15. The number of aromatic nitrogens is 1. The molecule has 3 heterocycles. The number of nitrogens with one attached hydrogen (secondary N) is 2. The van der Waals surface area contributed by atoms with Crippen LogP contribution in [-0.2, 0) is 9.53 Å². The van der Waals surface area contributed by atoms with Crippen molar-refractivity contribution < 1.29 is 9.53 Å². The molecule has 0 aromatic carbocycles. The number of carbonyl (C=O) groups is 1. The maximum absolute atomic E-state index is 12.8. The minimum atomic E-state index is -0.0366. The lowest BCUT2D eigenvalue weighted by Crippen LogP contribution is -2.45. The van der Waals surface area contributed by atoms with Gasteiger partial charge in [-0.3, -0.25) is 4.79 Å². The number of ether oxygens (including phenoxy) is 1. The summed E-state index contributed by atoms with van der Waals surface area (Å²) in [6.45, 7) is 4.99. The number of aromatic amines is 1. The van der Waals surface area contributed by atoms with E-state index in [1.165, 1.54) is 0 Å². The molecule has 2 aliphatic rings. The second kappa shape index (κ2) is 5.97. The molecule has 2 saturated heterocycles. The van der Waals surface area contributed by atoms with E-state index in [9.17, 15) is 4.79 Å². The molecule has 5 nitrogen and oxygen atoms in total. The molecule has 0 radical (unpaired) electrons. The van der Waals surface area contributed by atoms with Crippen LogP contribution in [-0.4, -0.2) is 48.1 Å². The zero-order valence-electron chi connectivity index (χ0n) is 12.0. The summed E-state index contributed by atoms with van der Waals surface area (Å²) in [6, 6.07) is 4.44. The van der Waals surface area contributed by atoms with Gasteiger partial charge < -0.3 is 19.9 Å². The van der Waals surface area contributed by atoms with Gasteiger partial charge in [0.1, 0.15) is 0 Å². The standard InChI is InChI=1S/C15H23N3O2/c1-2-16-13-10-20-9-11(13)15(19)18-8-4-6-14(18)12-5-3-7-17-12/h3,5,7,11,13-14,16-17H,2,4,6,8-10H2,1H3. The largest absolute Gasteiger partial charge is 0.379 e. The van der Waals surface area contributed by atoms with E-state index in [0.717, 1.165) is 31.6 Å². The second-order valence-corrected chi connectivity index (χ2v) is 5.62. The number of hydrogen-bond donors (Lipinski definition) is 2. The van der Waals surface area contributed by atoms with Crippen molar-refractivity contribution in [2.24, 2.45) is 5.92 Å². The minimum absolute atomic E-state index is 0.0366. The molecular weight excluding hydrogens is 254 g/mol. The number of likely N-dealkylation sites (tertiary alicyclic amines) is 1. The Bertz CT molecular complexity index is 446. The van der Waals surface area contributed by atoms with Gasteiger partial charge in [0, 0.05) is 24.5 Å². The number of H-pyrrole nitrogens is 1. The number of amides is 1. The van der Waals surface area contributed by atoms with Crippen molar-refractivity contribution in [2.75, 3.05) is 26.3 Å². The molecule has 0 aliphatic carbocycles. The Hall–Kier alpha value is -1.33. The second-order valence-electron chi connectivity index (χ2n) is 5.62. The number of rotatable bonds is 4. The highest BCUT2D eigenvalue weighted by molar-refractivity contribution is 5.80. The van der Waals surface area contributed by atoms with Gasteiger partial charge in [-0.1, -0.05) is 6.92 Å². The van der Waals surface area contributed by atoms with Crippen LogP contribution in [0.15, 0.2) is 18.3 Å². The molecular formula is C15H23N3O2. The maximum Gasteiger partial charge on any atom is 0.230 e. The summed E-state index contributed by atoms with van der Waals surface area (Å²) in [5.74, 6) is 0.205. The van der Waals surface area contributed by atoms with Gasteiger partial charge in [0.2, 0.25) is 5.91 Å². The monoisotopic (exact) mass is 277 g/mol. The van der Waals surface area contributed by atoms with Crippen molar-refractivity contribution in [3.8, 4) is 0 Å². The predicted octanol–water partition coefficient (Wildman–Crippen LogP) is 1.30. The zero-order valence-corrected chi connectivity index (χ0v) is 12.0. The van der Waals surface area contributed by atoms with Crippen LogP contribution in [0.1, 0.15) is 31.5 Å². The normalized spacial score (nSPS) is 30.1. The van der Waals surface area contributed by atoms with Crippen LogP contribution in [0.5, 0.6) is 0 Å². The number of nitrogens with zero attached hydrogens (tertiary/aromatic N) is 1. The molecule has 2 fully saturated rings. The molecule has 2 aliphatic heterocycles. The van der Waals surface area contributed by atoms with Gasteiger partial charge in [-0.05, 0) is 31.5 Å². The first-order valence-corrected chi connectivity index (χ1v) is 7.56. The van der Waals surface area contributed by atoms with Crippen molar-refractivity contribution in [1.29, 1.82) is 0 Å². The van der Waals surface area contributed by atoms with Crippen LogP contribution >= 0.6 is 0 Å². The Balaban J connectivity index is 1.72. The van der Waals surface area contributed by atoms with Crippen LogP contribution in [0.25, 0.3) is 0 Å². The van der Waals surface area contributed by atoms with E-state index in [2.05, 4.69) is 23.3 Å². The van der Waals surface area contributed by atoms with Crippen molar-refractivity contribution in [1.82, 2.24) is 15.2 Å². The molecule has 2 N–H and O–H groups in total. The van der Waals surface area contributed by atoms with Crippen LogP contribution in [0.2, 0.25) is 0 Å². The van der Waals surface area contributed by atoms with Gasteiger partial charge in [-0.15, -0.1) is 0 Å². The van der Waals surface area contributed by atoms with Crippen molar-refractivity contribution in [3.05, 3.63) is 24.0 Å². The topological polar surface area (TPSA) is 57.4 Å². The lowest BCUT2D eigenvalue weighted by atomic mass is 10.0. The fraction of sp³-hybridized carbons (Fsp3) is 0.667. The summed E-state index contributed by atoms with van der Waals surface area (Å²) < 4.78 is 5.51. The molecule has 0 spiro atoms. The molecule has 3 atom stereocenters. The fourth-order valence-electron chi connectivity index (χ4n) is 3.38. The zero-order chi connectivity index (χ0) is 13.9. The van der Waals surface area contributed by atoms with Crippen molar-refractivity contribution in [3.63, 3.8) is 0 Å². The van der Waals surface area contributed by atoms with Crippen molar-refractivity contribution >= 4 is 5.91 Å². The fourth-order valence-corrected chi connectivity index (χ4v) is 3.38. The molecule has 1 aromatic heterocycles. The van der Waals surface area contributed by atoms with Crippen LogP contribution in [0, 0.1) is 5.92 Å². The Labute approximate surface area is 119 Å². The lowest BCUT2D eigenvalue weighted by molar-refractivity contribution is -0.137. The Morgan fingerprint density at radius 1 is 1.55 bits per heavy atom. The van der Waals surface area contributed by atoms with Gasteiger partial charge in [0.15, 0.2) is 0 Å². The number of likely N-dealkylation sites (N-methyl/N-ethyl adjacent to an activating group) is 1. The average molecular weight is 277 g/mol. The van der Waals surface area contributed by atoms with Crippen molar-refractivity contribution in [2.45, 2.75) is 31.8 Å². The van der Waals surface area contributed by atoms with Crippen LogP contribution in [0.3, 0.4) is 0 Å². The highest BCUT2D eigenvalue weighted by Crippen LogP contribution is 2.33. The first-order valence-electron chi connectivity index (χ1n) is 7.56. The number of hydrogen-bond acceptors (Lipinski definition) is 3. The van der Waals surface area contributed by atoms with Gasteiger partial charge >= 0.3 is 0 Å². The molecule has 20 heavy (non-hydrogen) atoms. The summed E-state index contributed by atoms with van der Waals surface area (Å²) >= 11 is 0. The first-order chi connectivity index (χ1) is 9.81. The van der Waals surface area contributed by atoms with Gasteiger partial charge in [-0.25, -0.2) is 0 Å². The summed E-state index contributed by atoms with van der Waals surface area (Å²) in [5, 5.41) is 3.37. The van der Waals surface area contributed by atoms with Crippen LogP contribution < -0.4 is 5.32 Å². The Morgan fingerprint density at radius 2 is 2.45 bits per heavy atom. The van der Waals surface area contributed by atoms with E-state index in [1.54, 1.807) is 0 Å². The smallest absolute Gasteiger partial charge is 0.230 e. The summed E-state index contributed by atoms with van der Waals surface area (Å²) in [4.78, 5) is 18.1. The van der Waals surface area contributed by atoms with Gasteiger partial charge in [-0.2, -0.15) is 0 Å². The Morgan fingerprint density at radius 3 is 3.20 bits per heavy atom. The third-order valence-electron chi connectivity index (χ3n) is 4.38.